The third-order valence-corrected chi connectivity index (χ3v) is 3.81. The first kappa shape index (κ1) is 16.2. The van der Waals surface area contributed by atoms with Crippen LogP contribution < -0.4 is 0 Å². The van der Waals surface area contributed by atoms with Gasteiger partial charge < -0.3 is 19.2 Å². The second kappa shape index (κ2) is 7.27. The van der Waals surface area contributed by atoms with Gasteiger partial charge in [0.1, 0.15) is 13.2 Å². The lowest BCUT2D eigenvalue weighted by Crippen LogP contribution is -2.35. The highest BCUT2D eigenvalue weighted by Gasteiger charge is 2.32. The van der Waals surface area contributed by atoms with Crippen LogP contribution in [0.4, 0.5) is 0 Å². The molecule has 0 aliphatic heterocycles. The number of oxazole rings is 1. The number of ether oxygens (including phenoxy) is 1. The molecule has 0 unspecified atom stereocenters. The largest absolute Gasteiger partial charge is 0.476 e. The highest BCUT2D eigenvalue weighted by Crippen LogP contribution is 2.28. The van der Waals surface area contributed by atoms with E-state index in [9.17, 15) is 9.59 Å². The molecule has 7 heteroatoms. The van der Waals surface area contributed by atoms with Crippen LogP contribution in [0.2, 0.25) is 0 Å². The number of rotatable bonds is 8. The van der Waals surface area contributed by atoms with Gasteiger partial charge in [-0.1, -0.05) is 30.3 Å². The molecule has 3 rings (SSSR count). The van der Waals surface area contributed by atoms with Gasteiger partial charge in [0, 0.05) is 12.6 Å². The number of hydrogen-bond donors (Lipinski definition) is 1. The van der Waals surface area contributed by atoms with Crippen LogP contribution >= 0.6 is 0 Å². The molecule has 1 aromatic heterocycles. The van der Waals surface area contributed by atoms with E-state index in [1.807, 2.05) is 35.2 Å². The molecule has 0 bridgehead atoms. The minimum atomic E-state index is -1.18. The number of carboxylic acids is 1. The van der Waals surface area contributed by atoms with Gasteiger partial charge in [-0.3, -0.25) is 4.79 Å². The summed E-state index contributed by atoms with van der Waals surface area (Å²) >= 11 is 0. The summed E-state index contributed by atoms with van der Waals surface area (Å²) in [6, 6.07) is 10.1. The first-order valence-corrected chi connectivity index (χ1v) is 7.72. The van der Waals surface area contributed by atoms with Gasteiger partial charge in [-0.2, -0.15) is 0 Å². The second-order valence-electron chi connectivity index (χ2n) is 5.66. The summed E-state index contributed by atoms with van der Waals surface area (Å²) < 4.78 is 10.3. The Balaban J connectivity index is 1.54. The number of aromatic carboxylic acids is 1. The Hall–Kier alpha value is -2.67. The number of aromatic nitrogens is 1. The Labute approximate surface area is 138 Å². The summed E-state index contributed by atoms with van der Waals surface area (Å²) in [4.78, 5) is 28.8. The molecular weight excluding hydrogens is 312 g/mol. The van der Waals surface area contributed by atoms with Crippen molar-refractivity contribution < 1.29 is 23.8 Å². The zero-order valence-corrected chi connectivity index (χ0v) is 13.1. The predicted octanol–water partition coefficient (Wildman–Crippen LogP) is 2.08. The van der Waals surface area contributed by atoms with Gasteiger partial charge in [0.25, 0.3) is 0 Å². The van der Waals surface area contributed by atoms with Gasteiger partial charge in [-0.05, 0) is 18.4 Å². The lowest BCUT2D eigenvalue weighted by atomic mass is 10.2. The topological polar surface area (TPSA) is 92.9 Å². The summed E-state index contributed by atoms with van der Waals surface area (Å²) in [6.07, 6.45) is 3.06. The van der Waals surface area contributed by atoms with E-state index in [2.05, 4.69) is 4.98 Å². The first-order valence-electron chi connectivity index (χ1n) is 7.72. The van der Waals surface area contributed by atoms with Crippen LogP contribution in [0.15, 0.2) is 41.1 Å². The van der Waals surface area contributed by atoms with E-state index in [1.165, 1.54) is 0 Å². The fraction of sp³-hybridized carbons (Fsp3) is 0.353. The molecule has 2 aromatic rings. The number of nitrogens with zero attached hydrogens (tertiary/aromatic N) is 2. The number of amides is 1. The Bertz CT molecular complexity index is 709. The summed E-state index contributed by atoms with van der Waals surface area (Å²) in [5.41, 5.74) is 0.881. The van der Waals surface area contributed by atoms with E-state index in [1.54, 1.807) is 0 Å². The molecule has 1 N–H and O–H groups in total. The molecule has 0 atom stereocenters. The molecule has 1 aliphatic carbocycles. The lowest BCUT2D eigenvalue weighted by molar-refractivity contribution is -0.138. The Morgan fingerprint density at radius 1 is 1.29 bits per heavy atom. The number of benzene rings is 1. The fourth-order valence-corrected chi connectivity index (χ4v) is 2.45. The molecule has 0 saturated heterocycles. The molecule has 1 amide bonds. The van der Waals surface area contributed by atoms with Crippen LogP contribution in [-0.4, -0.2) is 39.5 Å². The van der Waals surface area contributed by atoms with E-state index >= 15 is 0 Å². The summed E-state index contributed by atoms with van der Waals surface area (Å²) in [5.74, 6) is -1.19. The molecule has 0 radical (unpaired) electrons. The van der Waals surface area contributed by atoms with Gasteiger partial charge in [0.15, 0.2) is 17.8 Å². The molecule has 1 fully saturated rings. The zero-order chi connectivity index (χ0) is 16.9. The third kappa shape index (κ3) is 3.99. The maximum absolute atomic E-state index is 12.4. The van der Waals surface area contributed by atoms with Crippen LogP contribution in [0, 0.1) is 0 Å². The van der Waals surface area contributed by atoms with Crippen molar-refractivity contribution >= 4 is 11.9 Å². The number of carbonyl (C=O) groups is 2. The molecule has 1 saturated carbocycles. The first-order chi connectivity index (χ1) is 11.6. The SMILES string of the molecule is O=C(O)c1ncoc1COCC(=O)N(Cc1ccccc1)C1CC1. The van der Waals surface area contributed by atoms with E-state index in [0.29, 0.717) is 6.54 Å². The van der Waals surface area contributed by atoms with Crippen molar-refractivity contribution in [3.05, 3.63) is 53.7 Å². The van der Waals surface area contributed by atoms with Gasteiger partial charge in [-0.15, -0.1) is 0 Å². The van der Waals surface area contributed by atoms with Crippen molar-refractivity contribution in [2.24, 2.45) is 0 Å². The third-order valence-electron chi connectivity index (χ3n) is 3.81. The molecule has 1 aliphatic rings. The predicted molar refractivity (Wildman–Crippen MR) is 83.1 cm³/mol. The van der Waals surface area contributed by atoms with Crippen molar-refractivity contribution in [2.45, 2.75) is 32.0 Å². The fourth-order valence-electron chi connectivity index (χ4n) is 2.45. The summed E-state index contributed by atoms with van der Waals surface area (Å²) in [5, 5.41) is 8.94. The highest BCUT2D eigenvalue weighted by atomic mass is 16.5. The minimum Gasteiger partial charge on any atom is -0.476 e. The maximum Gasteiger partial charge on any atom is 0.358 e. The van der Waals surface area contributed by atoms with Crippen LogP contribution in [0.1, 0.15) is 34.7 Å². The number of carbonyl (C=O) groups excluding carboxylic acids is 1. The molecule has 7 nitrogen and oxygen atoms in total. The second-order valence-corrected chi connectivity index (χ2v) is 5.66. The van der Waals surface area contributed by atoms with Crippen LogP contribution in [0.5, 0.6) is 0 Å². The smallest absolute Gasteiger partial charge is 0.358 e. The van der Waals surface area contributed by atoms with Crippen LogP contribution in [-0.2, 0) is 22.7 Å². The summed E-state index contributed by atoms with van der Waals surface area (Å²) in [6.45, 7) is 0.330. The molecule has 126 valence electrons. The monoisotopic (exact) mass is 330 g/mol. The van der Waals surface area contributed by atoms with E-state index in [0.717, 1.165) is 24.8 Å². The van der Waals surface area contributed by atoms with Gasteiger partial charge in [0.05, 0.1) is 0 Å². The standard InChI is InChI=1S/C17H18N2O5/c20-15(10-23-9-14-16(17(21)22)18-11-24-14)19(13-6-7-13)8-12-4-2-1-3-5-12/h1-5,11,13H,6-10H2,(H,21,22). The molecule has 0 spiro atoms. The normalized spacial score (nSPS) is 13.7. The zero-order valence-electron chi connectivity index (χ0n) is 13.1. The summed E-state index contributed by atoms with van der Waals surface area (Å²) in [7, 11) is 0. The van der Waals surface area contributed by atoms with Crippen molar-refractivity contribution in [3.8, 4) is 0 Å². The van der Waals surface area contributed by atoms with Crippen LogP contribution in [0.25, 0.3) is 0 Å². The Morgan fingerprint density at radius 3 is 2.71 bits per heavy atom. The highest BCUT2D eigenvalue weighted by molar-refractivity contribution is 5.86. The molecule has 1 aromatic carbocycles. The minimum absolute atomic E-state index is 0.1000. The Kier molecular flexibility index (Phi) is 4.90. The van der Waals surface area contributed by atoms with Crippen molar-refractivity contribution in [1.29, 1.82) is 0 Å². The molecular formula is C17H18N2O5. The van der Waals surface area contributed by atoms with E-state index in [-0.39, 0.29) is 36.6 Å². The van der Waals surface area contributed by atoms with Gasteiger partial charge in [-0.25, -0.2) is 9.78 Å². The van der Waals surface area contributed by atoms with Gasteiger partial charge in [0.2, 0.25) is 5.91 Å². The number of hydrogen-bond acceptors (Lipinski definition) is 5. The Morgan fingerprint density at radius 2 is 2.04 bits per heavy atom. The average molecular weight is 330 g/mol. The van der Waals surface area contributed by atoms with Crippen molar-refractivity contribution in [3.63, 3.8) is 0 Å². The molecule has 24 heavy (non-hydrogen) atoms. The average Bonchev–Trinajstić information content (AvgIpc) is 3.31. The van der Waals surface area contributed by atoms with Crippen LogP contribution in [0.3, 0.4) is 0 Å². The lowest BCUT2D eigenvalue weighted by Gasteiger charge is -2.22. The maximum atomic E-state index is 12.4. The molecule has 1 heterocycles. The quantitative estimate of drug-likeness (QED) is 0.796. The number of carboxylic acid groups (broad SMARTS) is 1. The van der Waals surface area contributed by atoms with E-state index < -0.39 is 5.97 Å². The van der Waals surface area contributed by atoms with E-state index in [4.69, 9.17) is 14.3 Å². The van der Waals surface area contributed by atoms with Gasteiger partial charge >= 0.3 is 5.97 Å². The van der Waals surface area contributed by atoms with Crippen molar-refractivity contribution in [2.75, 3.05) is 6.61 Å². The van der Waals surface area contributed by atoms with Crippen molar-refractivity contribution in [1.82, 2.24) is 9.88 Å².